The third kappa shape index (κ3) is 4.30. The standard InChI is InChI=1S/C20H18ClF3N2O2/c1-12(13-5-4-6-15(9-13)20(22,23)24)25-19(28)14-10-18(27)26(11-14)17-8-3-2-7-16(17)21/h2-9,12,14H,10-11H2,1H3,(H,25,28)/t12-,14-/m1/s1. The van der Waals surface area contributed by atoms with Crippen LogP contribution in [-0.2, 0) is 15.8 Å². The molecule has 28 heavy (non-hydrogen) atoms. The predicted molar refractivity (Wildman–Crippen MR) is 99.9 cm³/mol. The van der Waals surface area contributed by atoms with Crippen LogP contribution in [0.1, 0.15) is 30.5 Å². The van der Waals surface area contributed by atoms with Crippen LogP contribution < -0.4 is 10.2 Å². The van der Waals surface area contributed by atoms with Crippen molar-refractivity contribution in [3.63, 3.8) is 0 Å². The Labute approximate surface area is 165 Å². The highest BCUT2D eigenvalue weighted by molar-refractivity contribution is 6.33. The lowest BCUT2D eigenvalue weighted by molar-refractivity contribution is -0.137. The van der Waals surface area contributed by atoms with E-state index in [-0.39, 0.29) is 24.8 Å². The molecule has 4 nitrogen and oxygen atoms in total. The third-order valence-corrected chi connectivity index (χ3v) is 5.03. The van der Waals surface area contributed by atoms with E-state index in [2.05, 4.69) is 5.32 Å². The summed E-state index contributed by atoms with van der Waals surface area (Å²) in [6, 6.07) is 11.0. The summed E-state index contributed by atoms with van der Waals surface area (Å²) in [5.74, 6) is -1.20. The molecule has 2 aromatic carbocycles. The lowest BCUT2D eigenvalue weighted by Gasteiger charge is -2.20. The summed E-state index contributed by atoms with van der Waals surface area (Å²) in [7, 11) is 0. The van der Waals surface area contributed by atoms with Gasteiger partial charge in [-0.2, -0.15) is 13.2 Å². The minimum atomic E-state index is -4.45. The Kier molecular flexibility index (Phi) is 5.65. The molecule has 0 spiro atoms. The number of rotatable bonds is 4. The number of anilines is 1. The second kappa shape index (κ2) is 7.83. The van der Waals surface area contributed by atoms with Crippen LogP contribution in [0.4, 0.5) is 18.9 Å². The van der Waals surface area contributed by atoms with Crippen LogP contribution in [0.5, 0.6) is 0 Å². The molecule has 148 valence electrons. The van der Waals surface area contributed by atoms with Gasteiger partial charge in [0.25, 0.3) is 0 Å². The fourth-order valence-corrected chi connectivity index (χ4v) is 3.42. The second-order valence-corrected chi connectivity index (χ2v) is 7.12. The Hall–Kier alpha value is -2.54. The maximum Gasteiger partial charge on any atom is 0.416 e. The van der Waals surface area contributed by atoms with E-state index in [0.717, 1.165) is 12.1 Å². The Balaban J connectivity index is 1.69. The van der Waals surface area contributed by atoms with Gasteiger partial charge in [-0.05, 0) is 36.8 Å². The minimum Gasteiger partial charge on any atom is -0.349 e. The van der Waals surface area contributed by atoms with Gasteiger partial charge in [0.2, 0.25) is 11.8 Å². The van der Waals surface area contributed by atoms with Crippen molar-refractivity contribution in [2.75, 3.05) is 11.4 Å². The first-order valence-corrected chi connectivity index (χ1v) is 9.07. The van der Waals surface area contributed by atoms with Crippen molar-refractivity contribution in [3.8, 4) is 0 Å². The van der Waals surface area contributed by atoms with Crippen molar-refractivity contribution in [2.45, 2.75) is 25.6 Å². The topological polar surface area (TPSA) is 49.4 Å². The van der Waals surface area contributed by atoms with Crippen LogP contribution in [0.2, 0.25) is 5.02 Å². The van der Waals surface area contributed by atoms with Crippen molar-refractivity contribution in [2.24, 2.45) is 5.92 Å². The van der Waals surface area contributed by atoms with Crippen LogP contribution in [-0.4, -0.2) is 18.4 Å². The van der Waals surface area contributed by atoms with Gasteiger partial charge < -0.3 is 10.2 Å². The number of amides is 2. The summed E-state index contributed by atoms with van der Waals surface area (Å²) in [4.78, 5) is 26.3. The molecule has 0 aromatic heterocycles. The normalized spacial score (nSPS) is 18.2. The molecule has 0 aliphatic carbocycles. The number of carbonyl (C=O) groups is 2. The molecular weight excluding hydrogens is 393 g/mol. The molecule has 2 amide bonds. The monoisotopic (exact) mass is 410 g/mol. The van der Waals surface area contributed by atoms with Crippen LogP contribution in [0.3, 0.4) is 0 Å². The van der Waals surface area contributed by atoms with Crippen molar-refractivity contribution < 1.29 is 22.8 Å². The number of nitrogens with zero attached hydrogens (tertiary/aromatic N) is 1. The molecule has 0 bridgehead atoms. The highest BCUT2D eigenvalue weighted by Crippen LogP contribution is 2.32. The first-order chi connectivity index (χ1) is 13.2. The van der Waals surface area contributed by atoms with Gasteiger partial charge in [-0.15, -0.1) is 0 Å². The van der Waals surface area contributed by atoms with Crippen LogP contribution in [0.25, 0.3) is 0 Å². The first kappa shape index (κ1) is 20.2. The van der Waals surface area contributed by atoms with Gasteiger partial charge in [-0.1, -0.05) is 35.9 Å². The smallest absolute Gasteiger partial charge is 0.349 e. The van der Waals surface area contributed by atoms with E-state index in [1.165, 1.54) is 17.0 Å². The second-order valence-electron chi connectivity index (χ2n) is 6.71. The highest BCUT2D eigenvalue weighted by Gasteiger charge is 2.36. The Morgan fingerprint density at radius 3 is 2.61 bits per heavy atom. The Bertz CT molecular complexity index is 901. The average Bonchev–Trinajstić information content (AvgIpc) is 3.03. The van der Waals surface area contributed by atoms with Gasteiger partial charge in [0.1, 0.15) is 0 Å². The van der Waals surface area contributed by atoms with Crippen molar-refractivity contribution in [1.82, 2.24) is 5.32 Å². The minimum absolute atomic E-state index is 0.0202. The molecule has 0 radical (unpaired) electrons. The maximum absolute atomic E-state index is 12.9. The number of carbonyl (C=O) groups excluding carboxylic acids is 2. The summed E-state index contributed by atoms with van der Waals surface area (Å²) < 4.78 is 38.6. The number of hydrogen-bond donors (Lipinski definition) is 1. The molecule has 2 atom stereocenters. The number of para-hydroxylation sites is 1. The van der Waals surface area contributed by atoms with E-state index in [9.17, 15) is 22.8 Å². The predicted octanol–water partition coefficient (Wildman–Crippen LogP) is 4.59. The molecule has 8 heteroatoms. The number of nitrogens with one attached hydrogen (secondary N) is 1. The van der Waals surface area contributed by atoms with E-state index in [0.29, 0.717) is 16.3 Å². The number of hydrogen-bond acceptors (Lipinski definition) is 2. The lowest BCUT2D eigenvalue weighted by Crippen LogP contribution is -2.34. The van der Waals surface area contributed by atoms with E-state index >= 15 is 0 Å². The molecule has 1 saturated heterocycles. The van der Waals surface area contributed by atoms with Crippen molar-refractivity contribution in [1.29, 1.82) is 0 Å². The summed E-state index contributed by atoms with van der Waals surface area (Å²) in [5, 5.41) is 3.12. The average molecular weight is 411 g/mol. The van der Waals surface area contributed by atoms with Gasteiger partial charge in [0, 0.05) is 13.0 Å². The fraction of sp³-hybridized carbons (Fsp3) is 0.300. The number of alkyl halides is 3. The number of halogens is 4. The molecule has 1 fully saturated rings. The summed E-state index contributed by atoms with van der Waals surface area (Å²) in [6.07, 6.45) is -4.43. The van der Waals surface area contributed by atoms with Gasteiger partial charge in [0.05, 0.1) is 28.2 Å². The summed E-state index contributed by atoms with van der Waals surface area (Å²) in [6.45, 7) is 1.78. The fourth-order valence-electron chi connectivity index (χ4n) is 3.19. The summed E-state index contributed by atoms with van der Waals surface area (Å²) >= 11 is 6.13. The van der Waals surface area contributed by atoms with Crippen LogP contribution in [0.15, 0.2) is 48.5 Å². The van der Waals surface area contributed by atoms with E-state index in [4.69, 9.17) is 11.6 Å². The lowest BCUT2D eigenvalue weighted by atomic mass is 10.0. The molecule has 0 unspecified atom stereocenters. The van der Waals surface area contributed by atoms with Gasteiger partial charge >= 0.3 is 6.18 Å². The zero-order valence-corrected chi connectivity index (χ0v) is 15.7. The van der Waals surface area contributed by atoms with E-state index in [1.807, 2.05) is 0 Å². The van der Waals surface area contributed by atoms with Gasteiger partial charge in [-0.3, -0.25) is 9.59 Å². The third-order valence-electron chi connectivity index (χ3n) is 4.71. The molecule has 0 saturated carbocycles. The van der Waals surface area contributed by atoms with E-state index in [1.54, 1.807) is 31.2 Å². The highest BCUT2D eigenvalue weighted by atomic mass is 35.5. The molecule has 1 heterocycles. The van der Waals surface area contributed by atoms with Crippen LogP contribution >= 0.6 is 11.6 Å². The largest absolute Gasteiger partial charge is 0.416 e. The Morgan fingerprint density at radius 1 is 1.21 bits per heavy atom. The molecule has 1 aliphatic heterocycles. The zero-order valence-electron chi connectivity index (χ0n) is 15.0. The van der Waals surface area contributed by atoms with Crippen LogP contribution in [0, 0.1) is 5.92 Å². The summed E-state index contributed by atoms with van der Waals surface area (Å²) in [5.41, 5.74) is 0.109. The SMILES string of the molecule is C[C@@H](NC(=O)[C@@H]1CC(=O)N(c2ccccc2Cl)C1)c1cccc(C(F)(F)F)c1. The molecular formula is C20H18ClF3N2O2. The zero-order chi connectivity index (χ0) is 20.5. The van der Waals surface area contributed by atoms with Crippen molar-refractivity contribution >= 4 is 29.1 Å². The maximum atomic E-state index is 12.9. The van der Waals surface area contributed by atoms with Crippen molar-refractivity contribution in [3.05, 3.63) is 64.7 Å². The molecule has 1 N–H and O–H groups in total. The Morgan fingerprint density at radius 2 is 1.93 bits per heavy atom. The molecule has 2 aromatic rings. The molecule has 3 rings (SSSR count). The molecule has 1 aliphatic rings. The van der Waals surface area contributed by atoms with E-state index < -0.39 is 23.7 Å². The number of benzene rings is 2. The quantitative estimate of drug-likeness (QED) is 0.801. The first-order valence-electron chi connectivity index (χ1n) is 8.69. The van der Waals surface area contributed by atoms with Gasteiger partial charge in [0.15, 0.2) is 0 Å². The van der Waals surface area contributed by atoms with Gasteiger partial charge in [-0.25, -0.2) is 0 Å².